The Morgan fingerprint density at radius 2 is 2.14 bits per heavy atom. The van der Waals surface area contributed by atoms with E-state index >= 15 is 0 Å². The molecule has 0 fully saturated rings. The molecule has 0 aliphatic carbocycles. The minimum Gasteiger partial charge on any atom is -0.492 e. The summed E-state index contributed by atoms with van der Waals surface area (Å²) in [7, 11) is 1.95. The molecule has 0 bridgehead atoms. The van der Waals surface area contributed by atoms with E-state index in [1.165, 1.54) is 5.56 Å². The number of likely N-dealkylation sites (N-methyl/N-ethyl adjacent to an activating group) is 1. The van der Waals surface area contributed by atoms with E-state index in [4.69, 9.17) is 16.3 Å². The second kappa shape index (κ2) is 8.01. The van der Waals surface area contributed by atoms with Crippen molar-refractivity contribution in [3.63, 3.8) is 0 Å². The lowest BCUT2D eigenvalue weighted by molar-refractivity contribution is 0.315. The number of nitrogens with one attached hydrogen (secondary N) is 1. The third-order valence-electron chi connectivity index (χ3n) is 3.29. The molecule has 4 heteroatoms. The number of ether oxygens (including phenoxy) is 1. The highest BCUT2D eigenvalue weighted by molar-refractivity contribution is 6.30. The Kier molecular flexibility index (Phi) is 6.03. The van der Waals surface area contributed by atoms with Crippen molar-refractivity contribution in [1.29, 1.82) is 0 Å². The molecule has 0 saturated carbocycles. The predicted molar refractivity (Wildman–Crippen MR) is 87.0 cm³/mol. The molecule has 1 heterocycles. The lowest BCUT2D eigenvalue weighted by Gasteiger charge is -2.17. The maximum atomic E-state index is 6.05. The van der Waals surface area contributed by atoms with E-state index in [2.05, 4.69) is 23.3 Å². The molecule has 0 amide bonds. The smallest absolute Gasteiger partial charge is 0.137 e. The minimum atomic E-state index is 0.182. The van der Waals surface area contributed by atoms with Crippen molar-refractivity contribution < 1.29 is 4.74 Å². The van der Waals surface area contributed by atoms with Gasteiger partial charge in [0.2, 0.25) is 0 Å². The number of pyridine rings is 1. The molecule has 0 aliphatic heterocycles. The average Bonchev–Trinajstić information content (AvgIpc) is 2.51. The van der Waals surface area contributed by atoms with E-state index in [1.807, 2.05) is 37.5 Å². The van der Waals surface area contributed by atoms with E-state index in [-0.39, 0.29) is 6.04 Å². The number of halogens is 1. The molecule has 3 nitrogen and oxygen atoms in total. The van der Waals surface area contributed by atoms with Gasteiger partial charge in [-0.1, -0.05) is 30.7 Å². The summed E-state index contributed by atoms with van der Waals surface area (Å²) in [5.41, 5.74) is 2.31. The van der Waals surface area contributed by atoms with Crippen LogP contribution in [0.2, 0.25) is 5.02 Å². The topological polar surface area (TPSA) is 34.1 Å². The third-order valence-corrected chi connectivity index (χ3v) is 3.52. The molecule has 1 atom stereocenters. The molecule has 1 aromatic carbocycles. The van der Waals surface area contributed by atoms with E-state index < -0.39 is 0 Å². The maximum absolute atomic E-state index is 6.05. The first-order chi connectivity index (χ1) is 10.2. The van der Waals surface area contributed by atoms with E-state index in [0.29, 0.717) is 6.61 Å². The monoisotopic (exact) mass is 304 g/mol. The summed E-state index contributed by atoms with van der Waals surface area (Å²) in [6.45, 7) is 2.80. The van der Waals surface area contributed by atoms with Crippen LogP contribution in [0, 0.1) is 0 Å². The third kappa shape index (κ3) is 4.73. The van der Waals surface area contributed by atoms with Crippen molar-refractivity contribution in [1.82, 2.24) is 10.3 Å². The van der Waals surface area contributed by atoms with Crippen molar-refractivity contribution in [2.45, 2.75) is 25.8 Å². The summed E-state index contributed by atoms with van der Waals surface area (Å²) < 4.78 is 5.65. The largest absolute Gasteiger partial charge is 0.492 e. The van der Waals surface area contributed by atoms with Gasteiger partial charge in [0.25, 0.3) is 0 Å². The van der Waals surface area contributed by atoms with Crippen molar-refractivity contribution >= 4 is 11.6 Å². The summed E-state index contributed by atoms with van der Waals surface area (Å²) in [5, 5.41) is 4.10. The van der Waals surface area contributed by atoms with Gasteiger partial charge in [-0.05, 0) is 49.2 Å². The van der Waals surface area contributed by atoms with Crippen molar-refractivity contribution in [2.24, 2.45) is 0 Å². The Morgan fingerprint density at radius 1 is 1.29 bits per heavy atom. The van der Waals surface area contributed by atoms with Gasteiger partial charge in [0.05, 0.1) is 12.8 Å². The molecule has 0 spiro atoms. The fraction of sp³-hybridized carbons (Fsp3) is 0.353. The summed E-state index contributed by atoms with van der Waals surface area (Å²) >= 11 is 6.05. The van der Waals surface area contributed by atoms with Crippen LogP contribution in [0.3, 0.4) is 0 Å². The van der Waals surface area contributed by atoms with Crippen LogP contribution in [0.25, 0.3) is 0 Å². The Balaban J connectivity index is 2.13. The van der Waals surface area contributed by atoms with Crippen LogP contribution in [0.5, 0.6) is 5.75 Å². The van der Waals surface area contributed by atoms with Gasteiger partial charge in [-0.3, -0.25) is 4.98 Å². The first-order valence-corrected chi connectivity index (χ1v) is 7.60. The molecule has 2 aromatic rings. The molecular weight excluding hydrogens is 284 g/mol. The molecule has 2 rings (SSSR count). The van der Waals surface area contributed by atoms with Gasteiger partial charge < -0.3 is 10.1 Å². The molecule has 0 saturated heterocycles. The van der Waals surface area contributed by atoms with Gasteiger partial charge in [0, 0.05) is 17.3 Å². The lowest BCUT2D eigenvalue weighted by atomic mass is 10.0. The van der Waals surface area contributed by atoms with Gasteiger partial charge in [-0.2, -0.15) is 0 Å². The second-order valence-electron chi connectivity index (χ2n) is 4.98. The average molecular weight is 305 g/mol. The molecule has 1 aromatic heterocycles. The van der Waals surface area contributed by atoms with E-state index in [1.54, 1.807) is 6.20 Å². The van der Waals surface area contributed by atoms with Crippen molar-refractivity contribution in [2.75, 3.05) is 13.7 Å². The Morgan fingerprint density at radius 3 is 2.86 bits per heavy atom. The SMILES string of the molecule is CCCOc1cncc(C(Cc2cccc(Cl)c2)NC)c1. The molecule has 0 aliphatic rings. The van der Waals surface area contributed by atoms with Gasteiger partial charge in [0.15, 0.2) is 0 Å². The highest BCUT2D eigenvalue weighted by Gasteiger charge is 2.12. The summed E-state index contributed by atoms with van der Waals surface area (Å²) in [6, 6.07) is 10.2. The first kappa shape index (κ1) is 15.8. The van der Waals surface area contributed by atoms with Crippen LogP contribution < -0.4 is 10.1 Å². The Hall–Kier alpha value is -1.58. The minimum absolute atomic E-state index is 0.182. The van der Waals surface area contributed by atoms with Crippen LogP contribution in [0.15, 0.2) is 42.7 Å². The number of hydrogen-bond acceptors (Lipinski definition) is 3. The molecule has 1 unspecified atom stereocenters. The number of hydrogen-bond donors (Lipinski definition) is 1. The first-order valence-electron chi connectivity index (χ1n) is 7.22. The normalized spacial score (nSPS) is 12.1. The number of aromatic nitrogens is 1. The van der Waals surface area contributed by atoms with E-state index in [9.17, 15) is 0 Å². The number of benzene rings is 1. The summed E-state index contributed by atoms with van der Waals surface area (Å²) in [5.74, 6) is 0.820. The highest BCUT2D eigenvalue weighted by atomic mass is 35.5. The standard InChI is InChI=1S/C17H21ClN2O/c1-3-7-21-16-10-14(11-20-12-16)17(19-2)9-13-5-4-6-15(18)8-13/h4-6,8,10-12,17,19H,3,7,9H2,1-2H3. The molecule has 21 heavy (non-hydrogen) atoms. The van der Waals surface area contributed by atoms with Gasteiger partial charge in [0.1, 0.15) is 5.75 Å². The predicted octanol–water partition coefficient (Wildman–Crippen LogP) is 4.03. The molecular formula is C17H21ClN2O. The Bertz CT molecular complexity index is 574. The van der Waals surface area contributed by atoms with E-state index in [0.717, 1.165) is 29.2 Å². The maximum Gasteiger partial charge on any atom is 0.137 e. The fourth-order valence-electron chi connectivity index (χ4n) is 2.21. The second-order valence-corrected chi connectivity index (χ2v) is 5.41. The van der Waals surface area contributed by atoms with Crippen LogP contribution in [0.1, 0.15) is 30.5 Å². The molecule has 0 radical (unpaired) electrons. The zero-order valence-electron chi connectivity index (χ0n) is 12.5. The quantitative estimate of drug-likeness (QED) is 0.838. The highest BCUT2D eigenvalue weighted by Crippen LogP contribution is 2.22. The van der Waals surface area contributed by atoms with Gasteiger partial charge >= 0.3 is 0 Å². The van der Waals surface area contributed by atoms with Gasteiger partial charge in [-0.25, -0.2) is 0 Å². The van der Waals surface area contributed by atoms with Crippen molar-refractivity contribution in [3.8, 4) is 5.75 Å². The van der Waals surface area contributed by atoms with Gasteiger partial charge in [-0.15, -0.1) is 0 Å². The van der Waals surface area contributed by atoms with Crippen LogP contribution in [-0.4, -0.2) is 18.6 Å². The van der Waals surface area contributed by atoms with Crippen LogP contribution in [-0.2, 0) is 6.42 Å². The lowest BCUT2D eigenvalue weighted by Crippen LogP contribution is -2.19. The number of rotatable bonds is 7. The summed E-state index contributed by atoms with van der Waals surface area (Å²) in [6.07, 6.45) is 5.48. The zero-order chi connectivity index (χ0) is 15.1. The summed E-state index contributed by atoms with van der Waals surface area (Å²) in [4.78, 5) is 4.27. The molecule has 1 N–H and O–H groups in total. The number of nitrogens with zero attached hydrogens (tertiary/aromatic N) is 1. The zero-order valence-corrected chi connectivity index (χ0v) is 13.2. The van der Waals surface area contributed by atoms with Crippen LogP contribution in [0.4, 0.5) is 0 Å². The van der Waals surface area contributed by atoms with Crippen molar-refractivity contribution in [3.05, 3.63) is 58.9 Å². The molecule has 112 valence electrons. The fourth-order valence-corrected chi connectivity index (χ4v) is 2.42. The Labute approximate surface area is 131 Å². The van der Waals surface area contributed by atoms with Crippen LogP contribution >= 0.6 is 11.6 Å².